The Bertz CT molecular complexity index is 367. The maximum Gasteiger partial charge on any atom is 0.115 e. The topological polar surface area (TPSA) is 41.9 Å². The predicted octanol–water partition coefficient (Wildman–Crippen LogP) is 2.70. The van der Waals surface area contributed by atoms with Gasteiger partial charge in [-0.25, -0.2) is 0 Å². The molecule has 0 fully saturated rings. The minimum atomic E-state index is 0.327. The molecule has 21 heavy (non-hydrogen) atoms. The molecule has 1 N–H and O–H groups in total. The summed E-state index contributed by atoms with van der Waals surface area (Å²) >= 11 is 0. The van der Waals surface area contributed by atoms with E-state index in [-0.39, 0.29) is 0 Å². The molecule has 0 heterocycles. The van der Waals surface area contributed by atoms with E-state index in [0.717, 1.165) is 45.6 Å². The van der Waals surface area contributed by atoms with Crippen molar-refractivity contribution in [3.05, 3.63) is 29.8 Å². The molecule has 0 aliphatic heterocycles. The zero-order valence-corrected chi connectivity index (χ0v) is 13.5. The highest BCUT2D eigenvalue weighted by Crippen LogP contribution is 2.14. The van der Waals surface area contributed by atoms with Gasteiger partial charge in [0.05, 0.1) is 6.61 Å². The summed E-state index contributed by atoms with van der Waals surface area (Å²) in [6.45, 7) is 5.82. The van der Waals surface area contributed by atoms with Gasteiger partial charge in [-0.15, -0.1) is 0 Å². The molecule has 0 spiro atoms. The lowest BCUT2D eigenvalue weighted by Gasteiger charge is -2.29. The Morgan fingerprint density at radius 2 is 1.71 bits per heavy atom. The van der Waals surface area contributed by atoms with Gasteiger partial charge in [0.25, 0.3) is 0 Å². The van der Waals surface area contributed by atoms with Crippen molar-refractivity contribution in [1.29, 1.82) is 0 Å². The number of aryl methyl sites for hydroxylation is 1. The van der Waals surface area contributed by atoms with E-state index in [2.05, 4.69) is 11.8 Å². The zero-order valence-electron chi connectivity index (χ0n) is 13.5. The van der Waals surface area contributed by atoms with Crippen LogP contribution in [0.4, 0.5) is 0 Å². The van der Waals surface area contributed by atoms with Crippen LogP contribution in [0.15, 0.2) is 24.3 Å². The first-order valence-electron chi connectivity index (χ1n) is 7.67. The molecule has 0 amide bonds. The van der Waals surface area contributed by atoms with Crippen LogP contribution in [-0.2, 0) is 15.9 Å². The van der Waals surface area contributed by atoms with Gasteiger partial charge >= 0.3 is 0 Å². The van der Waals surface area contributed by atoms with Gasteiger partial charge in [-0.1, -0.05) is 12.1 Å². The molecule has 0 saturated carbocycles. The van der Waals surface area contributed by atoms with Crippen molar-refractivity contribution in [3.8, 4) is 5.75 Å². The van der Waals surface area contributed by atoms with Crippen molar-refractivity contribution in [1.82, 2.24) is 4.90 Å². The highest BCUT2D eigenvalue weighted by atomic mass is 16.5. The summed E-state index contributed by atoms with van der Waals surface area (Å²) in [4.78, 5) is 2.46. The summed E-state index contributed by atoms with van der Waals surface area (Å²) < 4.78 is 10.3. The van der Waals surface area contributed by atoms with E-state index >= 15 is 0 Å². The zero-order chi connectivity index (χ0) is 15.5. The smallest absolute Gasteiger partial charge is 0.115 e. The standard InChI is InChI=1S/C17H29NO3/c1-15(5-6-16-7-9-17(19)10-8-16)18(12-14-21-3)11-4-13-20-2/h7-10,15,19H,4-6,11-14H2,1-3H3. The first-order chi connectivity index (χ1) is 10.2. The van der Waals surface area contributed by atoms with Crippen molar-refractivity contribution in [3.63, 3.8) is 0 Å². The molecule has 1 aromatic carbocycles. The molecule has 0 saturated heterocycles. The number of hydrogen-bond acceptors (Lipinski definition) is 4. The highest BCUT2D eigenvalue weighted by Gasteiger charge is 2.13. The van der Waals surface area contributed by atoms with Gasteiger partial charge in [0.15, 0.2) is 0 Å². The number of nitrogens with zero attached hydrogens (tertiary/aromatic N) is 1. The summed E-state index contributed by atoms with van der Waals surface area (Å²) in [6, 6.07) is 7.99. The molecule has 0 aliphatic carbocycles. The quantitative estimate of drug-likeness (QED) is 0.637. The molecule has 0 radical (unpaired) electrons. The van der Waals surface area contributed by atoms with Crippen LogP contribution in [0.2, 0.25) is 0 Å². The molecule has 4 heteroatoms. The molecule has 0 bridgehead atoms. The summed E-state index contributed by atoms with van der Waals surface area (Å²) in [6.07, 6.45) is 3.17. The number of ether oxygens (including phenoxy) is 2. The van der Waals surface area contributed by atoms with E-state index in [1.807, 2.05) is 12.1 Å². The van der Waals surface area contributed by atoms with E-state index in [1.165, 1.54) is 5.56 Å². The lowest BCUT2D eigenvalue weighted by Crippen LogP contribution is -2.37. The van der Waals surface area contributed by atoms with E-state index in [1.54, 1.807) is 26.4 Å². The maximum atomic E-state index is 9.31. The Morgan fingerprint density at radius 1 is 1.05 bits per heavy atom. The molecule has 1 aromatic rings. The minimum absolute atomic E-state index is 0.327. The molecule has 0 aliphatic rings. The monoisotopic (exact) mass is 295 g/mol. The summed E-state index contributed by atoms with van der Waals surface area (Å²) in [5, 5.41) is 9.31. The molecular weight excluding hydrogens is 266 g/mol. The molecule has 1 unspecified atom stereocenters. The lowest BCUT2D eigenvalue weighted by molar-refractivity contribution is 0.108. The number of phenolic OH excluding ortho intramolecular Hbond substituents is 1. The van der Waals surface area contributed by atoms with E-state index < -0.39 is 0 Å². The fraction of sp³-hybridized carbons (Fsp3) is 0.647. The number of hydrogen-bond donors (Lipinski definition) is 1. The molecule has 1 atom stereocenters. The van der Waals surface area contributed by atoms with Gasteiger partial charge < -0.3 is 14.6 Å². The number of phenols is 1. The average molecular weight is 295 g/mol. The van der Waals surface area contributed by atoms with Gasteiger partial charge in [0.1, 0.15) is 5.75 Å². The fourth-order valence-electron chi connectivity index (χ4n) is 2.39. The summed E-state index contributed by atoms with van der Waals surface area (Å²) in [5.74, 6) is 0.327. The van der Waals surface area contributed by atoms with Gasteiger partial charge in [-0.2, -0.15) is 0 Å². The van der Waals surface area contributed by atoms with Gasteiger partial charge in [0, 0.05) is 40.0 Å². The normalized spacial score (nSPS) is 12.8. The van der Waals surface area contributed by atoms with Gasteiger partial charge in [0.2, 0.25) is 0 Å². The third-order valence-electron chi connectivity index (χ3n) is 3.79. The molecule has 4 nitrogen and oxygen atoms in total. The Balaban J connectivity index is 2.42. The van der Waals surface area contributed by atoms with Crippen molar-refractivity contribution >= 4 is 0 Å². The second kappa shape index (κ2) is 10.6. The molecule has 1 rings (SSSR count). The first kappa shape index (κ1) is 18.0. The summed E-state index contributed by atoms with van der Waals surface area (Å²) in [7, 11) is 3.49. The van der Waals surface area contributed by atoms with Crippen molar-refractivity contribution < 1.29 is 14.6 Å². The molecular formula is C17H29NO3. The van der Waals surface area contributed by atoms with Crippen LogP contribution in [0.25, 0.3) is 0 Å². The number of rotatable bonds is 11. The van der Waals surface area contributed by atoms with Gasteiger partial charge in [-0.3, -0.25) is 4.90 Å². The van der Waals surface area contributed by atoms with Crippen LogP contribution in [0, 0.1) is 0 Å². The minimum Gasteiger partial charge on any atom is -0.508 e. The molecule has 120 valence electrons. The largest absolute Gasteiger partial charge is 0.508 e. The highest BCUT2D eigenvalue weighted by molar-refractivity contribution is 5.25. The van der Waals surface area contributed by atoms with Crippen LogP contribution in [0.1, 0.15) is 25.3 Å². The van der Waals surface area contributed by atoms with Crippen molar-refractivity contribution in [2.24, 2.45) is 0 Å². The van der Waals surface area contributed by atoms with Crippen LogP contribution >= 0.6 is 0 Å². The van der Waals surface area contributed by atoms with Crippen molar-refractivity contribution in [2.45, 2.75) is 32.2 Å². The number of aromatic hydroxyl groups is 1. The second-order valence-corrected chi connectivity index (χ2v) is 5.43. The number of methoxy groups -OCH3 is 2. The predicted molar refractivity (Wildman–Crippen MR) is 85.8 cm³/mol. The first-order valence-corrected chi connectivity index (χ1v) is 7.67. The Hall–Kier alpha value is -1.10. The Kier molecular flexibility index (Phi) is 9.06. The van der Waals surface area contributed by atoms with Crippen LogP contribution < -0.4 is 0 Å². The second-order valence-electron chi connectivity index (χ2n) is 5.43. The lowest BCUT2D eigenvalue weighted by atomic mass is 10.0. The van der Waals surface area contributed by atoms with E-state index in [0.29, 0.717) is 11.8 Å². The van der Waals surface area contributed by atoms with E-state index in [4.69, 9.17) is 9.47 Å². The van der Waals surface area contributed by atoms with Crippen LogP contribution in [0.5, 0.6) is 5.75 Å². The average Bonchev–Trinajstić information content (AvgIpc) is 2.50. The SMILES string of the molecule is COCCCN(CCOC)C(C)CCc1ccc(O)cc1. The summed E-state index contributed by atoms with van der Waals surface area (Å²) in [5.41, 5.74) is 1.27. The molecule has 0 aromatic heterocycles. The van der Waals surface area contributed by atoms with Crippen LogP contribution in [0.3, 0.4) is 0 Å². The number of benzene rings is 1. The van der Waals surface area contributed by atoms with Crippen molar-refractivity contribution in [2.75, 3.05) is 40.5 Å². The Morgan fingerprint density at radius 3 is 2.33 bits per heavy atom. The van der Waals surface area contributed by atoms with E-state index in [9.17, 15) is 5.11 Å². The maximum absolute atomic E-state index is 9.31. The van der Waals surface area contributed by atoms with Gasteiger partial charge in [-0.05, 0) is 43.9 Å². The Labute approximate surface area is 128 Å². The fourth-order valence-corrected chi connectivity index (χ4v) is 2.39. The third-order valence-corrected chi connectivity index (χ3v) is 3.79. The third kappa shape index (κ3) is 7.46. The van der Waals surface area contributed by atoms with Crippen LogP contribution in [-0.4, -0.2) is 56.6 Å².